The van der Waals surface area contributed by atoms with E-state index in [1.807, 2.05) is 0 Å². The lowest BCUT2D eigenvalue weighted by Crippen LogP contribution is -2.22. The van der Waals surface area contributed by atoms with E-state index in [0.29, 0.717) is 12.8 Å². The summed E-state index contributed by atoms with van der Waals surface area (Å²) in [5, 5.41) is 26.0. The molecule has 0 aliphatic heterocycles. The van der Waals surface area contributed by atoms with Crippen molar-refractivity contribution in [1.29, 1.82) is 0 Å². The first-order valence-electron chi connectivity index (χ1n) is 3.37. The summed E-state index contributed by atoms with van der Waals surface area (Å²) in [6.07, 6.45) is -0.435. The molecule has 0 saturated carbocycles. The molecule has 0 fully saturated rings. The fourth-order valence-electron chi connectivity index (χ4n) is 0.594. The molecule has 0 spiro atoms. The van der Waals surface area contributed by atoms with E-state index >= 15 is 0 Å². The van der Waals surface area contributed by atoms with Crippen molar-refractivity contribution in [2.24, 2.45) is 5.73 Å². The Morgan fingerprint density at radius 2 is 1.60 bits per heavy atom. The topological polar surface area (TPSA) is 86.7 Å². The predicted molar refractivity (Wildman–Crippen MR) is 37.4 cm³/mol. The molecule has 0 amide bonds. The number of nitrogens with two attached hydrogens (primary N) is 1. The van der Waals surface area contributed by atoms with Crippen LogP contribution in [0.25, 0.3) is 0 Å². The zero-order valence-corrected chi connectivity index (χ0v) is 5.90. The van der Waals surface area contributed by atoms with Crippen molar-refractivity contribution in [3.8, 4) is 0 Å². The summed E-state index contributed by atoms with van der Waals surface area (Å²) < 4.78 is 0. The van der Waals surface area contributed by atoms with Crippen molar-refractivity contribution in [3.63, 3.8) is 0 Å². The highest BCUT2D eigenvalue weighted by molar-refractivity contribution is 4.60. The van der Waals surface area contributed by atoms with Crippen LogP contribution in [0, 0.1) is 0 Å². The van der Waals surface area contributed by atoms with Crippen LogP contribution in [-0.2, 0) is 0 Å². The highest BCUT2D eigenvalue weighted by Crippen LogP contribution is 1.99. The van der Waals surface area contributed by atoms with Crippen molar-refractivity contribution in [1.82, 2.24) is 0 Å². The van der Waals surface area contributed by atoms with E-state index in [9.17, 15) is 0 Å². The van der Waals surface area contributed by atoms with Gasteiger partial charge in [-0.15, -0.1) is 0 Å². The molecule has 0 saturated heterocycles. The third-order valence-electron chi connectivity index (χ3n) is 1.32. The number of hydrogen-bond donors (Lipinski definition) is 4. The monoisotopic (exact) mass is 149 g/mol. The largest absolute Gasteiger partial charge is 0.394 e. The average molecular weight is 149 g/mol. The van der Waals surface area contributed by atoms with Gasteiger partial charge in [-0.3, -0.25) is 0 Å². The van der Waals surface area contributed by atoms with Gasteiger partial charge in [0.1, 0.15) is 0 Å². The van der Waals surface area contributed by atoms with Crippen LogP contribution >= 0.6 is 0 Å². The molecule has 0 aromatic carbocycles. The van der Waals surface area contributed by atoms with Crippen molar-refractivity contribution >= 4 is 0 Å². The molecule has 10 heavy (non-hydrogen) atoms. The maximum absolute atomic E-state index is 8.88. The lowest BCUT2D eigenvalue weighted by atomic mass is 10.1. The Bertz CT molecular complexity index is 69.4. The molecule has 4 heteroatoms. The maximum Gasteiger partial charge on any atom is 0.0771 e. The summed E-state index contributed by atoms with van der Waals surface area (Å²) in [5.74, 6) is 0. The van der Waals surface area contributed by atoms with Crippen LogP contribution in [0.2, 0.25) is 0 Å². The lowest BCUT2D eigenvalue weighted by Gasteiger charge is -2.09. The zero-order chi connectivity index (χ0) is 7.98. The molecular formula is C6H15NO3. The Hall–Kier alpha value is -0.160. The van der Waals surface area contributed by atoms with Gasteiger partial charge in [0.2, 0.25) is 0 Å². The highest BCUT2D eigenvalue weighted by Gasteiger charge is 2.05. The summed E-state index contributed by atoms with van der Waals surface area (Å²) in [6.45, 7) is -0.0462. The molecule has 0 rings (SSSR count). The zero-order valence-electron chi connectivity index (χ0n) is 5.90. The molecule has 2 unspecified atom stereocenters. The first-order chi connectivity index (χ1) is 4.70. The van der Waals surface area contributed by atoms with Crippen molar-refractivity contribution in [2.75, 3.05) is 13.2 Å². The molecule has 0 aromatic rings. The summed E-state index contributed by atoms with van der Waals surface area (Å²) in [5.41, 5.74) is 5.11. The van der Waals surface area contributed by atoms with Gasteiger partial charge >= 0.3 is 0 Å². The summed E-state index contributed by atoms with van der Waals surface area (Å²) in [4.78, 5) is 0. The molecule has 62 valence electrons. The lowest BCUT2D eigenvalue weighted by molar-refractivity contribution is 0.0700. The number of rotatable bonds is 5. The fraction of sp³-hybridized carbons (Fsp3) is 1.00. The van der Waals surface area contributed by atoms with Gasteiger partial charge in [-0.2, -0.15) is 0 Å². The van der Waals surface area contributed by atoms with Crippen LogP contribution in [0.4, 0.5) is 0 Å². The van der Waals surface area contributed by atoms with Crippen LogP contribution in [0.1, 0.15) is 12.8 Å². The predicted octanol–water partition coefficient (Wildman–Crippen LogP) is -1.56. The maximum atomic E-state index is 8.88. The van der Waals surface area contributed by atoms with Crippen LogP contribution in [0.3, 0.4) is 0 Å². The van der Waals surface area contributed by atoms with E-state index in [-0.39, 0.29) is 13.2 Å². The van der Waals surface area contributed by atoms with E-state index in [1.54, 1.807) is 0 Å². The molecule has 0 aliphatic rings. The molecule has 0 bridgehead atoms. The van der Waals surface area contributed by atoms with Crippen LogP contribution in [0.15, 0.2) is 0 Å². The quantitative estimate of drug-likeness (QED) is 0.381. The Labute approximate surface area is 60.3 Å². The Kier molecular flexibility index (Phi) is 5.52. The normalized spacial score (nSPS) is 16.8. The second kappa shape index (κ2) is 5.61. The van der Waals surface area contributed by atoms with E-state index < -0.39 is 12.2 Å². The molecule has 0 heterocycles. The number of aliphatic hydroxyl groups is 3. The smallest absolute Gasteiger partial charge is 0.0771 e. The summed E-state index contributed by atoms with van der Waals surface area (Å²) >= 11 is 0. The minimum absolute atomic E-state index is 0.206. The molecule has 0 aromatic heterocycles. The summed E-state index contributed by atoms with van der Waals surface area (Å²) in [7, 11) is 0. The first-order valence-corrected chi connectivity index (χ1v) is 3.37. The Morgan fingerprint density at radius 1 is 1.10 bits per heavy atom. The van der Waals surface area contributed by atoms with Gasteiger partial charge in [0.05, 0.1) is 18.8 Å². The van der Waals surface area contributed by atoms with Crippen molar-refractivity contribution in [2.45, 2.75) is 25.0 Å². The van der Waals surface area contributed by atoms with Crippen LogP contribution in [-0.4, -0.2) is 40.7 Å². The Morgan fingerprint density at radius 3 is 2.00 bits per heavy atom. The molecule has 0 radical (unpaired) electrons. The van der Waals surface area contributed by atoms with Gasteiger partial charge in [-0.1, -0.05) is 0 Å². The van der Waals surface area contributed by atoms with Crippen molar-refractivity contribution < 1.29 is 15.3 Å². The highest BCUT2D eigenvalue weighted by atomic mass is 16.3. The van der Waals surface area contributed by atoms with Gasteiger partial charge in [0, 0.05) is 6.54 Å². The van der Waals surface area contributed by atoms with Gasteiger partial charge in [0.15, 0.2) is 0 Å². The van der Waals surface area contributed by atoms with Crippen LogP contribution < -0.4 is 5.73 Å². The van der Waals surface area contributed by atoms with E-state index in [0.717, 1.165) is 0 Å². The van der Waals surface area contributed by atoms with Gasteiger partial charge in [-0.05, 0) is 12.8 Å². The number of hydrogen-bond acceptors (Lipinski definition) is 4. The molecular weight excluding hydrogens is 134 g/mol. The molecule has 5 N–H and O–H groups in total. The molecule has 2 atom stereocenters. The van der Waals surface area contributed by atoms with Gasteiger partial charge in [-0.25, -0.2) is 0 Å². The third-order valence-corrected chi connectivity index (χ3v) is 1.32. The SMILES string of the molecule is NCC(O)CCC(O)CO. The van der Waals surface area contributed by atoms with E-state index in [1.165, 1.54) is 0 Å². The average Bonchev–Trinajstić information content (AvgIpc) is 1.99. The van der Waals surface area contributed by atoms with Gasteiger partial charge in [0.25, 0.3) is 0 Å². The van der Waals surface area contributed by atoms with Gasteiger partial charge < -0.3 is 21.1 Å². The first kappa shape index (κ1) is 9.84. The van der Waals surface area contributed by atoms with Crippen molar-refractivity contribution in [3.05, 3.63) is 0 Å². The molecule has 4 nitrogen and oxygen atoms in total. The van der Waals surface area contributed by atoms with E-state index in [4.69, 9.17) is 21.1 Å². The Balaban J connectivity index is 3.17. The standard InChI is InChI=1S/C6H15NO3/c7-3-5(9)1-2-6(10)4-8/h5-6,8-10H,1-4,7H2. The van der Waals surface area contributed by atoms with Crippen LogP contribution in [0.5, 0.6) is 0 Å². The van der Waals surface area contributed by atoms with E-state index in [2.05, 4.69) is 0 Å². The minimum Gasteiger partial charge on any atom is -0.394 e. The fourth-order valence-corrected chi connectivity index (χ4v) is 0.594. The number of aliphatic hydroxyl groups excluding tert-OH is 3. The minimum atomic E-state index is -0.721. The molecule has 0 aliphatic carbocycles. The second-order valence-electron chi connectivity index (χ2n) is 2.30. The summed E-state index contributed by atoms with van der Waals surface area (Å²) in [6, 6.07) is 0. The third kappa shape index (κ3) is 4.69. The second-order valence-corrected chi connectivity index (χ2v) is 2.30.